The Morgan fingerprint density at radius 3 is 2.24 bits per heavy atom. The summed E-state index contributed by atoms with van der Waals surface area (Å²) in [6.45, 7) is 5.20. The molecular formula is C21H34N2O2. The van der Waals surface area contributed by atoms with Crippen LogP contribution in [0.15, 0.2) is 0 Å². The molecule has 4 heteroatoms. The molecule has 0 aromatic carbocycles. The van der Waals surface area contributed by atoms with Crippen LogP contribution in [0.5, 0.6) is 0 Å². The van der Waals surface area contributed by atoms with E-state index >= 15 is 0 Å². The number of amides is 1. The van der Waals surface area contributed by atoms with Gasteiger partial charge in [-0.1, -0.05) is 0 Å². The van der Waals surface area contributed by atoms with Crippen LogP contribution in [-0.2, 0) is 9.53 Å². The van der Waals surface area contributed by atoms with Gasteiger partial charge in [0.1, 0.15) is 0 Å². The molecule has 1 atom stereocenters. The number of rotatable bonds is 7. The number of likely N-dealkylation sites (tertiary alicyclic amines) is 2. The third-order valence-corrected chi connectivity index (χ3v) is 7.44. The van der Waals surface area contributed by atoms with Crippen LogP contribution in [0.1, 0.15) is 64.2 Å². The molecule has 0 aromatic heterocycles. The van der Waals surface area contributed by atoms with Crippen molar-refractivity contribution in [3.05, 3.63) is 0 Å². The van der Waals surface area contributed by atoms with Gasteiger partial charge in [0.25, 0.3) is 0 Å². The van der Waals surface area contributed by atoms with Crippen LogP contribution in [-0.4, -0.2) is 60.1 Å². The van der Waals surface area contributed by atoms with Crippen LogP contribution in [0.25, 0.3) is 0 Å². The summed E-state index contributed by atoms with van der Waals surface area (Å²) >= 11 is 0. The van der Waals surface area contributed by atoms with Crippen LogP contribution in [0.4, 0.5) is 0 Å². The van der Waals surface area contributed by atoms with Crippen LogP contribution < -0.4 is 0 Å². The summed E-state index contributed by atoms with van der Waals surface area (Å²) in [5.41, 5.74) is 0.372. The Bertz CT molecular complexity index is 502. The number of carbonyl (C=O) groups is 1. The average molecular weight is 347 g/mol. The highest BCUT2D eigenvalue weighted by molar-refractivity contribution is 5.81. The topological polar surface area (TPSA) is 32.8 Å². The summed E-state index contributed by atoms with van der Waals surface area (Å²) < 4.78 is 6.10. The van der Waals surface area contributed by atoms with Crippen LogP contribution in [0.2, 0.25) is 0 Å². The second-order valence-corrected chi connectivity index (χ2v) is 9.59. The SMILES string of the molecule is O=C(C1CC1)N1CCC2(CC[C@@H](COCC3CC3)N2CC2CC2)CC1. The molecule has 5 rings (SSSR count). The minimum absolute atomic E-state index is 0.372. The maximum Gasteiger partial charge on any atom is 0.225 e. The molecule has 1 amide bonds. The summed E-state index contributed by atoms with van der Waals surface area (Å²) in [6.07, 6.45) is 12.9. The number of hydrogen-bond donors (Lipinski definition) is 0. The van der Waals surface area contributed by atoms with Crippen LogP contribution in [0, 0.1) is 17.8 Å². The van der Waals surface area contributed by atoms with Crippen LogP contribution >= 0.6 is 0 Å². The molecule has 140 valence electrons. The van der Waals surface area contributed by atoms with Gasteiger partial charge in [-0.15, -0.1) is 0 Å². The highest BCUT2D eigenvalue weighted by Crippen LogP contribution is 2.45. The Labute approximate surface area is 152 Å². The highest BCUT2D eigenvalue weighted by atomic mass is 16.5. The van der Waals surface area contributed by atoms with E-state index in [2.05, 4.69) is 9.80 Å². The Balaban J connectivity index is 1.20. The lowest BCUT2D eigenvalue weighted by Gasteiger charge is -2.47. The van der Waals surface area contributed by atoms with E-state index < -0.39 is 0 Å². The van der Waals surface area contributed by atoms with Gasteiger partial charge in [-0.25, -0.2) is 0 Å². The van der Waals surface area contributed by atoms with Crippen molar-refractivity contribution >= 4 is 5.91 Å². The molecule has 4 nitrogen and oxygen atoms in total. The lowest BCUT2D eigenvalue weighted by Crippen LogP contribution is -2.56. The Hall–Kier alpha value is -0.610. The Kier molecular flexibility index (Phi) is 4.32. The normalized spacial score (nSPS) is 32.5. The second kappa shape index (κ2) is 6.53. The van der Waals surface area contributed by atoms with Gasteiger partial charge in [-0.3, -0.25) is 9.69 Å². The van der Waals surface area contributed by atoms with E-state index in [1.807, 2.05) is 0 Å². The monoisotopic (exact) mass is 346 g/mol. The fraction of sp³-hybridized carbons (Fsp3) is 0.952. The predicted octanol–water partition coefficient (Wildman–Crippen LogP) is 3.06. The smallest absolute Gasteiger partial charge is 0.225 e. The molecule has 0 bridgehead atoms. The van der Waals surface area contributed by atoms with Crippen LogP contribution in [0.3, 0.4) is 0 Å². The molecule has 5 aliphatic rings. The van der Waals surface area contributed by atoms with Gasteiger partial charge >= 0.3 is 0 Å². The van der Waals surface area contributed by atoms with Crippen molar-refractivity contribution in [1.29, 1.82) is 0 Å². The van der Waals surface area contributed by atoms with E-state index in [4.69, 9.17) is 4.74 Å². The number of carbonyl (C=O) groups excluding carboxylic acids is 1. The number of piperidine rings is 1. The summed E-state index contributed by atoms with van der Waals surface area (Å²) in [7, 11) is 0. The predicted molar refractivity (Wildman–Crippen MR) is 97.3 cm³/mol. The molecule has 2 aliphatic heterocycles. The molecule has 0 unspecified atom stereocenters. The lowest BCUT2D eigenvalue weighted by atomic mass is 9.84. The number of hydrogen-bond acceptors (Lipinski definition) is 3. The third-order valence-electron chi connectivity index (χ3n) is 7.44. The Morgan fingerprint density at radius 2 is 1.60 bits per heavy atom. The van der Waals surface area contributed by atoms with Gasteiger partial charge in [-0.2, -0.15) is 0 Å². The van der Waals surface area contributed by atoms with E-state index in [9.17, 15) is 4.79 Å². The van der Waals surface area contributed by atoms with Crippen molar-refractivity contribution < 1.29 is 9.53 Å². The van der Waals surface area contributed by atoms with Gasteiger partial charge in [0.2, 0.25) is 5.91 Å². The first-order valence-corrected chi connectivity index (χ1v) is 10.9. The molecule has 2 heterocycles. The van der Waals surface area contributed by atoms with E-state index in [1.165, 1.54) is 57.9 Å². The third kappa shape index (κ3) is 3.62. The van der Waals surface area contributed by atoms with E-state index in [0.29, 0.717) is 23.4 Å². The summed E-state index contributed by atoms with van der Waals surface area (Å²) in [5.74, 6) is 2.63. The maximum atomic E-state index is 12.4. The second-order valence-electron chi connectivity index (χ2n) is 9.59. The minimum atomic E-state index is 0.372. The Morgan fingerprint density at radius 1 is 0.880 bits per heavy atom. The van der Waals surface area contributed by atoms with E-state index in [-0.39, 0.29) is 0 Å². The molecule has 0 N–H and O–H groups in total. The minimum Gasteiger partial charge on any atom is -0.380 e. The maximum absolute atomic E-state index is 12.4. The summed E-state index contributed by atoms with van der Waals surface area (Å²) in [6, 6.07) is 0.630. The zero-order valence-corrected chi connectivity index (χ0v) is 15.6. The van der Waals surface area contributed by atoms with Crippen molar-refractivity contribution in [2.75, 3.05) is 32.8 Å². The van der Waals surface area contributed by atoms with Gasteiger partial charge in [0.15, 0.2) is 0 Å². The molecule has 25 heavy (non-hydrogen) atoms. The zero-order valence-electron chi connectivity index (χ0n) is 15.6. The standard InChI is InChI=1S/C21H34N2O2/c24-20(18-5-6-18)22-11-9-21(10-12-22)8-7-19(15-25-14-17-3-4-17)23(21)13-16-1-2-16/h16-19H,1-15H2/t19-/m0/s1. The highest BCUT2D eigenvalue weighted by Gasteiger charge is 2.50. The van der Waals surface area contributed by atoms with Gasteiger partial charge in [0, 0.05) is 43.7 Å². The fourth-order valence-corrected chi connectivity index (χ4v) is 5.14. The molecule has 0 aromatic rings. The summed E-state index contributed by atoms with van der Waals surface area (Å²) in [4.78, 5) is 17.4. The zero-order chi connectivity index (χ0) is 16.9. The number of ether oxygens (including phenoxy) is 1. The van der Waals surface area contributed by atoms with Gasteiger partial charge < -0.3 is 9.64 Å². The molecule has 0 radical (unpaired) electrons. The molecule has 3 aliphatic carbocycles. The van der Waals surface area contributed by atoms with Crippen molar-refractivity contribution in [2.24, 2.45) is 17.8 Å². The first-order chi connectivity index (χ1) is 12.2. The van der Waals surface area contributed by atoms with E-state index in [1.54, 1.807) is 0 Å². The van der Waals surface area contributed by atoms with Crippen molar-refractivity contribution in [1.82, 2.24) is 9.80 Å². The molecular weight excluding hydrogens is 312 g/mol. The lowest BCUT2D eigenvalue weighted by molar-refractivity contribution is -0.135. The molecule has 2 saturated heterocycles. The molecule has 3 saturated carbocycles. The summed E-state index contributed by atoms with van der Waals surface area (Å²) in [5, 5.41) is 0. The molecule has 1 spiro atoms. The quantitative estimate of drug-likeness (QED) is 0.710. The number of nitrogens with zero attached hydrogens (tertiary/aromatic N) is 2. The van der Waals surface area contributed by atoms with Crippen molar-refractivity contribution in [3.8, 4) is 0 Å². The van der Waals surface area contributed by atoms with Crippen molar-refractivity contribution in [3.63, 3.8) is 0 Å². The average Bonchev–Trinajstić information content (AvgIpc) is 3.46. The van der Waals surface area contributed by atoms with Crippen molar-refractivity contribution in [2.45, 2.75) is 75.8 Å². The largest absolute Gasteiger partial charge is 0.380 e. The fourth-order valence-electron chi connectivity index (χ4n) is 5.14. The van der Waals surface area contributed by atoms with Gasteiger partial charge in [0.05, 0.1) is 6.61 Å². The van der Waals surface area contributed by atoms with Gasteiger partial charge in [-0.05, 0) is 76.0 Å². The first kappa shape index (κ1) is 16.6. The van der Waals surface area contributed by atoms with E-state index in [0.717, 1.165) is 51.0 Å². The first-order valence-electron chi connectivity index (χ1n) is 10.9. The molecule has 5 fully saturated rings.